The van der Waals surface area contributed by atoms with Crippen LogP contribution in [-0.4, -0.2) is 29.9 Å². The summed E-state index contributed by atoms with van der Waals surface area (Å²) in [5.41, 5.74) is 3.06. The Bertz CT molecular complexity index is 1240. The number of carbonyl (C=O) groups is 2. The molecule has 2 aliphatic rings. The summed E-state index contributed by atoms with van der Waals surface area (Å²) in [7, 11) is 0. The van der Waals surface area contributed by atoms with Crippen molar-refractivity contribution in [3.63, 3.8) is 0 Å². The minimum atomic E-state index is -0.566. The zero-order valence-electron chi connectivity index (χ0n) is 17.8. The Morgan fingerprint density at radius 3 is 2.70 bits per heavy atom. The van der Waals surface area contributed by atoms with Crippen LogP contribution in [0.3, 0.4) is 0 Å². The average molecular weight is 502 g/mol. The molecule has 170 valence electrons. The van der Waals surface area contributed by atoms with Crippen LogP contribution in [0.2, 0.25) is 10.0 Å². The van der Waals surface area contributed by atoms with E-state index in [0.717, 1.165) is 42.2 Å². The van der Waals surface area contributed by atoms with Gasteiger partial charge in [-0.1, -0.05) is 42.3 Å². The minimum Gasteiger partial charge on any atom is -0.423 e. The third-order valence-corrected chi connectivity index (χ3v) is 7.63. The number of esters is 1. The fourth-order valence-corrected chi connectivity index (χ4v) is 5.95. The lowest BCUT2D eigenvalue weighted by molar-refractivity contribution is 0.0734. The van der Waals surface area contributed by atoms with E-state index in [1.807, 2.05) is 12.1 Å². The number of benzene rings is 2. The quantitative estimate of drug-likeness (QED) is 0.364. The first-order valence-electron chi connectivity index (χ1n) is 10.6. The van der Waals surface area contributed by atoms with Crippen LogP contribution >= 0.6 is 34.5 Å². The van der Waals surface area contributed by atoms with E-state index in [9.17, 15) is 9.59 Å². The second-order valence-electron chi connectivity index (χ2n) is 7.96. The highest BCUT2D eigenvalue weighted by molar-refractivity contribution is 7.16. The first kappa shape index (κ1) is 22.2. The maximum Gasteiger partial charge on any atom is 0.345 e. The predicted molar refractivity (Wildman–Crippen MR) is 131 cm³/mol. The number of amides is 1. The predicted octanol–water partition coefficient (Wildman–Crippen LogP) is 5.51. The summed E-state index contributed by atoms with van der Waals surface area (Å²) in [6, 6.07) is 11.6. The molecule has 0 fully saturated rings. The Kier molecular flexibility index (Phi) is 6.05. The van der Waals surface area contributed by atoms with Crippen molar-refractivity contribution in [3.8, 4) is 5.75 Å². The van der Waals surface area contributed by atoms with E-state index < -0.39 is 5.97 Å². The molecule has 2 aliphatic heterocycles. The SMILES string of the molecule is CCN1CCc2c(sc3c2C(=O)NC(c2ccc(OC(=O)c4ccc(Cl)cc4Cl)cc2)N3)C1. The molecule has 3 heterocycles. The lowest BCUT2D eigenvalue weighted by atomic mass is 10.0. The molecule has 1 atom stereocenters. The fraction of sp³-hybridized carbons (Fsp3) is 0.250. The molecule has 2 N–H and O–H groups in total. The maximum atomic E-state index is 12.9. The molecule has 6 nitrogen and oxygen atoms in total. The zero-order chi connectivity index (χ0) is 23.1. The van der Waals surface area contributed by atoms with Crippen LogP contribution in [0.4, 0.5) is 5.00 Å². The molecule has 1 aromatic heterocycles. The summed E-state index contributed by atoms with van der Waals surface area (Å²) in [5.74, 6) is -0.239. The van der Waals surface area contributed by atoms with Crippen molar-refractivity contribution in [1.29, 1.82) is 0 Å². The van der Waals surface area contributed by atoms with Gasteiger partial charge < -0.3 is 15.4 Å². The number of thiophene rings is 1. The Labute approximate surface area is 205 Å². The van der Waals surface area contributed by atoms with E-state index in [0.29, 0.717) is 10.8 Å². The van der Waals surface area contributed by atoms with Gasteiger partial charge in [0.1, 0.15) is 16.9 Å². The summed E-state index contributed by atoms with van der Waals surface area (Å²) < 4.78 is 5.44. The molecule has 1 unspecified atom stereocenters. The number of nitrogens with one attached hydrogen (secondary N) is 2. The van der Waals surface area contributed by atoms with Crippen molar-refractivity contribution in [3.05, 3.63) is 79.6 Å². The summed E-state index contributed by atoms with van der Waals surface area (Å²) in [5, 5.41) is 8.11. The van der Waals surface area contributed by atoms with E-state index >= 15 is 0 Å². The molecule has 33 heavy (non-hydrogen) atoms. The monoisotopic (exact) mass is 501 g/mol. The van der Waals surface area contributed by atoms with E-state index in [1.54, 1.807) is 29.5 Å². The van der Waals surface area contributed by atoms with E-state index in [2.05, 4.69) is 22.5 Å². The third-order valence-electron chi connectivity index (χ3n) is 5.94. The number of carbonyl (C=O) groups excluding carboxylic acids is 2. The van der Waals surface area contributed by atoms with Crippen molar-refractivity contribution < 1.29 is 14.3 Å². The van der Waals surface area contributed by atoms with Crippen molar-refractivity contribution in [2.75, 3.05) is 18.4 Å². The first-order chi connectivity index (χ1) is 15.9. The van der Waals surface area contributed by atoms with Gasteiger partial charge in [0.15, 0.2) is 0 Å². The molecule has 1 amide bonds. The fourth-order valence-electron chi connectivity index (χ4n) is 4.15. The van der Waals surface area contributed by atoms with Gasteiger partial charge in [-0.25, -0.2) is 4.79 Å². The molecule has 0 saturated carbocycles. The van der Waals surface area contributed by atoms with Crippen LogP contribution in [0.5, 0.6) is 5.75 Å². The van der Waals surface area contributed by atoms with Crippen LogP contribution in [0.25, 0.3) is 0 Å². The van der Waals surface area contributed by atoms with Gasteiger partial charge in [-0.15, -0.1) is 11.3 Å². The Balaban J connectivity index is 1.31. The molecule has 0 radical (unpaired) electrons. The average Bonchev–Trinajstić information content (AvgIpc) is 3.17. The number of rotatable bonds is 4. The number of halogens is 2. The van der Waals surface area contributed by atoms with E-state index in [4.69, 9.17) is 27.9 Å². The molecule has 0 spiro atoms. The molecule has 5 rings (SSSR count). The van der Waals surface area contributed by atoms with Gasteiger partial charge in [0, 0.05) is 23.0 Å². The molecule has 0 aliphatic carbocycles. The van der Waals surface area contributed by atoms with Crippen LogP contribution in [0.1, 0.15) is 49.8 Å². The highest BCUT2D eigenvalue weighted by Gasteiger charge is 2.33. The van der Waals surface area contributed by atoms with Gasteiger partial charge >= 0.3 is 5.97 Å². The van der Waals surface area contributed by atoms with E-state index in [1.165, 1.54) is 22.6 Å². The van der Waals surface area contributed by atoms with Crippen molar-refractivity contribution >= 4 is 51.4 Å². The molecule has 0 bridgehead atoms. The standard InChI is InChI=1S/C24H21Cl2N3O3S/c1-2-29-10-9-17-19(12-29)33-23-20(17)22(30)27-21(28-23)13-3-6-15(7-4-13)32-24(31)16-8-5-14(25)11-18(16)26/h3-8,11,21,28H,2,9-10,12H2,1H3,(H,27,30). The maximum absolute atomic E-state index is 12.9. The minimum absolute atomic E-state index is 0.0518. The van der Waals surface area contributed by atoms with Crippen LogP contribution in [0.15, 0.2) is 42.5 Å². The number of nitrogens with zero attached hydrogens (tertiary/aromatic N) is 1. The number of hydrogen-bond acceptors (Lipinski definition) is 6. The van der Waals surface area contributed by atoms with Crippen LogP contribution in [0, 0.1) is 0 Å². The lowest BCUT2D eigenvalue weighted by Crippen LogP contribution is -2.38. The number of fused-ring (bicyclic) bond motifs is 3. The third kappa shape index (κ3) is 4.34. The number of anilines is 1. The largest absolute Gasteiger partial charge is 0.423 e. The summed E-state index contributed by atoms with van der Waals surface area (Å²) in [6.07, 6.45) is 0.537. The first-order valence-corrected chi connectivity index (χ1v) is 12.2. The van der Waals surface area contributed by atoms with E-state index in [-0.39, 0.29) is 22.7 Å². The van der Waals surface area contributed by atoms with Gasteiger partial charge in [0.25, 0.3) is 5.91 Å². The topological polar surface area (TPSA) is 70.7 Å². The zero-order valence-corrected chi connectivity index (χ0v) is 20.1. The van der Waals surface area contributed by atoms with Crippen LogP contribution in [-0.2, 0) is 13.0 Å². The van der Waals surface area contributed by atoms with Gasteiger partial charge in [-0.3, -0.25) is 9.69 Å². The van der Waals surface area contributed by atoms with Gasteiger partial charge in [-0.2, -0.15) is 0 Å². The number of ether oxygens (including phenoxy) is 1. The summed E-state index contributed by atoms with van der Waals surface area (Å²) in [4.78, 5) is 29.0. The van der Waals surface area contributed by atoms with Crippen LogP contribution < -0.4 is 15.4 Å². The molecule has 0 saturated heterocycles. The molecule has 2 aromatic carbocycles. The number of likely N-dealkylation sites (N-methyl/N-ethyl adjacent to an activating group) is 1. The highest BCUT2D eigenvalue weighted by Crippen LogP contribution is 2.40. The summed E-state index contributed by atoms with van der Waals surface area (Å²) >= 11 is 13.6. The normalized spacial score (nSPS) is 17.5. The smallest absolute Gasteiger partial charge is 0.345 e. The molecule has 3 aromatic rings. The second-order valence-corrected chi connectivity index (χ2v) is 9.91. The Morgan fingerprint density at radius 1 is 1.18 bits per heavy atom. The second kappa shape index (κ2) is 8.99. The molecular formula is C24H21Cl2N3O3S. The Morgan fingerprint density at radius 2 is 1.97 bits per heavy atom. The van der Waals surface area contributed by atoms with Gasteiger partial charge in [-0.05, 0) is 54.4 Å². The molecular weight excluding hydrogens is 481 g/mol. The highest BCUT2D eigenvalue weighted by atomic mass is 35.5. The molecule has 9 heteroatoms. The van der Waals surface area contributed by atoms with Crippen molar-refractivity contribution in [2.24, 2.45) is 0 Å². The summed E-state index contributed by atoms with van der Waals surface area (Å²) in [6.45, 7) is 5.03. The Hall–Kier alpha value is -2.58. The van der Waals surface area contributed by atoms with Gasteiger partial charge in [0.2, 0.25) is 0 Å². The van der Waals surface area contributed by atoms with Gasteiger partial charge in [0.05, 0.1) is 16.1 Å². The van der Waals surface area contributed by atoms with Crippen molar-refractivity contribution in [2.45, 2.75) is 26.1 Å². The number of hydrogen-bond donors (Lipinski definition) is 2. The lowest BCUT2D eigenvalue weighted by Gasteiger charge is -2.28. The van der Waals surface area contributed by atoms with Crippen molar-refractivity contribution in [1.82, 2.24) is 10.2 Å².